The number of sulfonamides is 1. The van der Waals surface area contributed by atoms with Gasteiger partial charge in [-0.25, -0.2) is 17.5 Å². The zero-order valence-corrected chi connectivity index (χ0v) is 17.4. The average molecular weight is 456 g/mol. The minimum absolute atomic E-state index is 0.0208. The quantitative estimate of drug-likeness (QED) is 0.638. The summed E-state index contributed by atoms with van der Waals surface area (Å²) >= 11 is 6.29. The first-order valence-electron chi connectivity index (χ1n) is 9.16. The third kappa shape index (κ3) is 2.95. The molecule has 2 heterocycles. The van der Waals surface area contributed by atoms with Gasteiger partial charge in [0.05, 0.1) is 15.6 Å². The van der Waals surface area contributed by atoms with Crippen LogP contribution in [0.2, 0.25) is 5.02 Å². The van der Waals surface area contributed by atoms with E-state index in [0.29, 0.717) is 17.1 Å². The minimum Gasteiger partial charge on any atom is -0.477 e. The number of halogens is 1. The third-order valence-corrected chi connectivity index (χ3v) is 7.14. The summed E-state index contributed by atoms with van der Waals surface area (Å²) in [6.07, 6.45) is 0. The lowest BCUT2D eigenvalue weighted by Gasteiger charge is -2.33. The standard InChI is InChI=1S/C22H14ClNO6S/c23-15-6-2-3-7-16(15)24-21(22(25)26)20(13-9-10-17-18(11-13)30-12-29-17)14-5-1-4-8-19(14)31(24,27)28/h1-11H,12H2,(H,25,26). The maximum atomic E-state index is 13.6. The molecule has 0 aromatic heterocycles. The van der Waals surface area contributed by atoms with Gasteiger partial charge in [-0.2, -0.15) is 0 Å². The molecule has 1 N–H and O–H groups in total. The Morgan fingerprint density at radius 2 is 1.68 bits per heavy atom. The molecular weight excluding hydrogens is 442 g/mol. The highest BCUT2D eigenvalue weighted by Crippen LogP contribution is 2.46. The van der Waals surface area contributed by atoms with Crippen LogP contribution >= 0.6 is 11.6 Å². The van der Waals surface area contributed by atoms with Gasteiger partial charge in [-0.05, 0) is 35.9 Å². The Morgan fingerprint density at radius 3 is 2.45 bits per heavy atom. The monoisotopic (exact) mass is 455 g/mol. The van der Waals surface area contributed by atoms with Crippen molar-refractivity contribution < 1.29 is 27.8 Å². The van der Waals surface area contributed by atoms with Gasteiger partial charge in [-0.15, -0.1) is 0 Å². The molecule has 5 rings (SSSR count). The van der Waals surface area contributed by atoms with Crippen molar-refractivity contribution in [3.8, 4) is 11.5 Å². The number of rotatable bonds is 3. The number of nitrogens with zero attached hydrogens (tertiary/aromatic N) is 1. The molecule has 0 aliphatic carbocycles. The highest BCUT2D eigenvalue weighted by atomic mass is 35.5. The van der Waals surface area contributed by atoms with Crippen molar-refractivity contribution in [1.29, 1.82) is 0 Å². The fourth-order valence-electron chi connectivity index (χ4n) is 3.75. The van der Waals surface area contributed by atoms with Gasteiger partial charge in [0.15, 0.2) is 17.2 Å². The van der Waals surface area contributed by atoms with Crippen molar-refractivity contribution in [2.75, 3.05) is 11.1 Å². The first-order valence-corrected chi connectivity index (χ1v) is 11.0. The van der Waals surface area contributed by atoms with Gasteiger partial charge in [-0.1, -0.05) is 48.0 Å². The first-order chi connectivity index (χ1) is 14.9. The highest BCUT2D eigenvalue weighted by molar-refractivity contribution is 7.93. The van der Waals surface area contributed by atoms with E-state index in [9.17, 15) is 18.3 Å². The molecule has 0 saturated carbocycles. The van der Waals surface area contributed by atoms with E-state index in [1.807, 2.05) is 0 Å². The number of para-hydroxylation sites is 1. The summed E-state index contributed by atoms with van der Waals surface area (Å²) in [6, 6.07) is 17.5. The van der Waals surface area contributed by atoms with E-state index in [1.165, 1.54) is 18.2 Å². The van der Waals surface area contributed by atoms with E-state index in [0.717, 1.165) is 4.31 Å². The molecule has 0 atom stereocenters. The molecular formula is C22H14ClNO6S. The van der Waals surface area contributed by atoms with Crippen LogP contribution in [0.4, 0.5) is 5.69 Å². The maximum Gasteiger partial charge on any atom is 0.354 e. The normalized spacial score (nSPS) is 16.2. The van der Waals surface area contributed by atoms with E-state index in [1.54, 1.807) is 48.5 Å². The molecule has 9 heteroatoms. The second kappa shape index (κ2) is 7.04. The minimum atomic E-state index is -4.25. The summed E-state index contributed by atoms with van der Waals surface area (Å²) in [5.74, 6) is -0.434. The number of fused-ring (bicyclic) bond motifs is 2. The van der Waals surface area contributed by atoms with Crippen LogP contribution < -0.4 is 13.8 Å². The Kier molecular flexibility index (Phi) is 4.42. The van der Waals surface area contributed by atoms with Gasteiger partial charge in [0.1, 0.15) is 0 Å². The SMILES string of the molecule is O=C(O)C1=C(c2ccc3c(c2)OCO3)c2ccccc2S(=O)(=O)N1c1ccccc1Cl. The lowest BCUT2D eigenvalue weighted by molar-refractivity contribution is -0.132. The molecule has 156 valence electrons. The van der Waals surface area contributed by atoms with Crippen LogP contribution in [0.25, 0.3) is 5.57 Å². The van der Waals surface area contributed by atoms with Crippen molar-refractivity contribution in [3.05, 3.63) is 88.6 Å². The van der Waals surface area contributed by atoms with Crippen LogP contribution in [0.1, 0.15) is 11.1 Å². The van der Waals surface area contributed by atoms with E-state index in [-0.39, 0.29) is 33.5 Å². The molecule has 2 aliphatic rings. The van der Waals surface area contributed by atoms with Gasteiger partial charge in [0.2, 0.25) is 6.79 Å². The van der Waals surface area contributed by atoms with Gasteiger partial charge in [0.25, 0.3) is 10.0 Å². The van der Waals surface area contributed by atoms with Crippen LogP contribution in [0.3, 0.4) is 0 Å². The van der Waals surface area contributed by atoms with E-state index in [2.05, 4.69) is 0 Å². The fraction of sp³-hybridized carbons (Fsp3) is 0.0455. The number of hydrogen-bond acceptors (Lipinski definition) is 5. The van der Waals surface area contributed by atoms with Gasteiger partial charge < -0.3 is 14.6 Å². The molecule has 0 unspecified atom stereocenters. The predicted molar refractivity (Wildman–Crippen MR) is 114 cm³/mol. The van der Waals surface area contributed by atoms with Crippen LogP contribution in [0, 0.1) is 0 Å². The lowest BCUT2D eigenvalue weighted by atomic mass is 9.94. The molecule has 31 heavy (non-hydrogen) atoms. The zero-order chi connectivity index (χ0) is 21.8. The van der Waals surface area contributed by atoms with E-state index >= 15 is 0 Å². The van der Waals surface area contributed by atoms with Crippen molar-refractivity contribution in [2.45, 2.75) is 4.90 Å². The number of carboxylic acids is 1. The molecule has 7 nitrogen and oxygen atoms in total. The Morgan fingerprint density at radius 1 is 0.968 bits per heavy atom. The van der Waals surface area contributed by atoms with Crippen LogP contribution in [-0.2, 0) is 14.8 Å². The second-order valence-electron chi connectivity index (χ2n) is 6.81. The summed E-state index contributed by atoms with van der Waals surface area (Å²) in [5.41, 5.74) is 0.610. The maximum absolute atomic E-state index is 13.6. The van der Waals surface area contributed by atoms with Gasteiger partial charge in [0, 0.05) is 11.1 Å². The third-order valence-electron chi connectivity index (χ3n) is 5.05. The number of hydrogen-bond donors (Lipinski definition) is 1. The van der Waals surface area contributed by atoms with Crippen molar-refractivity contribution in [1.82, 2.24) is 0 Å². The number of carboxylic acid groups (broad SMARTS) is 1. The molecule has 0 radical (unpaired) electrons. The molecule has 2 aliphatic heterocycles. The number of anilines is 1. The van der Waals surface area contributed by atoms with E-state index in [4.69, 9.17) is 21.1 Å². The molecule has 0 fully saturated rings. The predicted octanol–water partition coefficient (Wildman–Crippen LogP) is 4.12. The average Bonchev–Trinajstić information content (AvgIpc) is 3.22. The second-order valence-corrected chi connectivity index (χ2v) is 8.98. The van der Waals surface area contributed by atoms with Crippen LogP contribution in [0.15, 0.2) is 77.3 Å². The van der Waals surface area contributed by atoms with Crippen LogP contribution in [-0.4, -0.2) is 26.3 Å². The Balaban J connectivity index is 1.89. The summed E-state index contributed by atoms with van der Waals surface area (Å²) < 4.78 is 38.7. The number of aliphatic carboxylic acids is 1. The zero-order valence-electron chi connectivity index (χ0n) is 15.8. The fourth-order valence-corrected chi connectivity index (χ4v) is 5.74. The summed E-state index contributed by atoms with van der Waals surface area (Å²) in [5, 5.41) is 10.3. The smallest absolute Gasteiger partial charge is 0.354 e. The molecule has 3 aromatic carbocycles. The van der Waals surface area contributed by atoms with Crippen molar-refractivity contribution in [3.63, 3.8) is 0 Å². The molecule has 0 bridgehead atoms. The Hall–Kier alpha value is -3.49. The van der Waals surface area contributed by atoms with E-state index < -0.39 is 21.7 Å². The van der Waals surface area contributed by atoms with Gasteiger partial charge >= 0.3 is 5.97 Å². The molecule has 0 amide bonds. The lowest BCUT2D eigenvalue weighted by Crippen LogP contribution is -2.38. The number of ether oxygens (including phenoxy) is 2. The largest absolute Gasteiger partial charge is 0.477 e. The van der Waals surface area contributed by atoms with Crippen molar-refractivity contribution >= 4 is 38.9 Å². The molecule has 0 saturated heterocycles. The summed E-state index contributed by atoms with van der Waals surface area (Å²) in [4.78, 5) is 12.5. The summed E-state index contributed by atoms with van der Waals surface area (Å²) in [6.45, 7) is 0.0559. The van der Waals surface area contributed by atoms with Crippen LogP contribution in [0.5, 0.6) is 11.5 Å². The topological polar surface area (TPSA) is 93.1 Å². The Bertz CT molecular complexity index is 1380. The van der Waals surface area contributed by atoms with Crippen molar-refractivity contribution in [2.24, 2.45) is 0 Å². The number of carbonyl (C=O) groups is 1. The Labute approximate surface area is 182 Å². The number of benzene rings is 3. The van der Waals surface area contributed by atoms with Gasteiger partial charge in [-0.3, -0.25) is 0 Å². The molecule has 3 aromatic rings. The highest BCUT2D eigenvalue weighted by Gasteiger charge is 2.42. The summed E-state index contributed by atoms with van der Waals surface area (Å²) in [7, 11) is -4.25. The first kappa shape index (κ1) is 19.5. The molecule has 0 spiro atoms.